The van der Waals surface area contributed by atoms with Crippen molar-refractivity contribution >= 4 is 29.2 Å². The Hall–Kier alpha value is -2.94. The molecule has 0 saturated heterocycles. The third-order valence-electron chi connectivity index (χ3n) is 4.15. The molecule has 2 aromatic heterocycles. The standard InChI is InChI=1S/C22H30N4O4S/c1-22(2,3)30-21(29)26-18(20(28)25-15-17-9-7-13-31-17)10-4-5-12-24-19(27)16-8-6-11-23-14-16/h6-9,11,13-14,18H,4-5,10,12,15H2,1-3H3,(H,24,27)(H,25,28)(H,26,29). The third kappa shape index (κ3) is 9.61. The van der Waals surface area contributed by atoms with Gasteiger partial charge in [0.2, 0.25) is 5.91 Å². The maximum Gasteiger partial charge on any atom is 0.408 e. The largest absolute Gasteiger partial charge is 0.444 e. The summed E-state index contributed by atoms with van der Waals surface area (Å²) in [4.78, 5) is 41.8. The molecule has 9 heteroatoms. The number of ether oxygens (including phenoxy) is 1. The molecule has 2 aromatic rings. The lowest BCUT2D eigenvalue weighted by Gasteiger charge is -2.23. The number of nitrogens with one attached hydrogen (secondary N) is 3. The summed E-state index contributed by atoms with van der Waals surface area (Å²) in [7, 11) is 0. The zero-order chi connectivity index (χ0) is 22.7. The van der Waals surface area contributed by atoms with Crippen LogP contribution in [0.15, 0.2) is 42.0 Å². The van der Waals surface area contributed by atoms with Crippen molar-refractivity contribution < 1.29 is 19.1 Å². The molecule has 31 heavy (non-hydrogen) atoms. The van der Waals surface area contributed by atoms with E-state index in [1.54, 1.807) is 50.4 Å². The van der Waals surface area contributed by atoms with Gasteiger partial charge in [0.05, 0.1) is 12.1 Å². The predicted octanol–water partition coefficient (Wildman–Crippen LogP) is 3.25. The molecule has 3 amide bonds. The van der Waals surface area contributed by atoms with Gasteiger partial charge in [-0.05, 0) is 63.6 Å². The Balaban J connectivity index is 1.81. The van der Waals surface area contributed by atoms with Crippen molar-refractivity contribution in [3.05, 3.63) is 52.5 Å². The minimum absolute atomic E-state index is 0.190. The molecule has 0 fully saturated rings. The van der Waals surface area contributed by atoms with Gasteiger partial charge in [-0.1, -0.05) is 6.07 Å². The van der Waals surface area contributed by atoms with Crippen LogP contribution >= 0.6 is 11.3 Å². The van der Waals surface area contributed by atoms with Gasteiger partial charge in [0.1, 0.15) is 11.6 Å². The van der Waals surface area contributed by atoms with E-state index in [-0.39, 0.29) is 11.8 Å². The Morgan fingerprint density at radius 2 is 1.94 bits per heavy atom. The van der Waals surface area contributed by atoms with Crippen LogP contribution in [0, 0.1) is 0 Å². The van der Waals surface area contributed by atoms with Gasteiger partial charge in [0.25, 0.3) is 5.91 Å². The normalized spacial score (nSPS) is 12.0. The summed E-state index contributed by atoms with van der Waals surface area (Å²) >= 11 is 1.55. The Morgan fingerprint density at radius 1 is 1.13 bits per heavy atom. The zero-order valence-corrected chi connectivity index (χ0v) is 19.0. The van der Waals surface area contributed by atoms with Crippen LogP contribution in [0.25, 0.3) is 0 Å². The fourth-order valence-corrected chi connectivity index (χ4v) is 3.35. The fourth-order valence-electron chi connectivity index (χ4n) is 2.70. The molecule has 1 unspecified atom stereocenters. The van der Waals surface area contributed by atoms with Gasteiger partial charge < -0.3 is 20.7 Å². The number of pyridine rings is 1. The first-order chi connectivity index (χ1) is 14.7. The number of rotatable bonds is 10. The van der Waals surface area contributed by atoms with E-state index in [1.807, 2.05) is 17.5 Å². The van der Waals surface area contributed by atoms with E-state index in [0.29, 0.717) is 37.9 Å². The van der Waals surface area contributed by atoms with Gasteiger partial charge in [-0.15, -0.1) is 11.3 Å². The quantitative estimate of drug-likeness (QED) is 0.486. The first kappa shape index (κ1) is 24.3. The highest BCUT2D eigenvalue weighted by molar-refractivity contribution is 7.09. The summed E-state index contributed by atoms with van der Waals surface area (Å²) in [5.74, 6) is -0.455. The molecule has 0 saturated carbocycles. The molecular formula is C22H30N4O4S. The molecule has 0 aliphatic heterocycles. The van der Waals surface area contributed by atoms with Crippen molar-refractivity contribution in [2.24, 2.45) is 0 Å². The maximum atomic E-state index is 12.6. The van der Waals surface area contributed by atoms with Crippen LogP contribution in [0.5, 0.6) is 0 Å². The summed E-state index contributed by atoms with van der Waals surface area (Å²) in [6.07, 6.45) is 4.22. The van der Waals surface area contributed by atoms with E-state index in [1.165, 1.54) is 6.20 Å². The van der Waals surface area contributed by atoms with Gasteiger partial charge in [-0.3, -0.25) is 14.6 Å². The van der Waals surface area contributed by atoms with Gasteiger partial charge in [-0.2, -0.15) is 0 Å². The third-order valence-corrected chi connectivity index (χ3v) is 5.03. The van der Waals surface area contributed by atoms with Gasteiger partial charge in [0, 0.05) is 23.8 Å². The molecule has 0 radical (unpaired) electrons. The molecule has 1 atom stereocenters. The highest BCUT2D eigenvalue weighted by Gasteiger charge is 2.24. The van der Waals surface area contributed by atoms with E-state index in [4.69, 9.17) is 4.74 Å². The number of carbonyl (C=O) groups is 3. The number of hydrogen-bond donors (Lipinski definition) is 3. The number of alkyl carbamates (subject to hydrolysis) is 1. The molecule has 0 aliphatic rings. The summed E-state index contributed by atoms with van der Waals surface area (Å²) in [5, 5.41) is 10.3. The van der Waals surface area contributed by atoms with Gasteiger partial charge in [0.15, 0.2) is 0 Å². The molecule has 0 aromatic carbocycles. The van der Waals surface area contributed by atoms with Crippen LogP contribution in [0.1, 0.15) is 55.3 Å². The first-order valence-corrected chi connectivity index (χ1v) is 11.1. The average Bonchev–Trinajstić information content (AvgIpc) is 3.23. The maximum absolute atomic E-state index is 12.6. The number of aromatic nitrogens is 1. The zero-order valence-electron chi connectivity index (χ0n) is 18.1. The Morgan fingerprint density at radius 3 is 2.58 bits per heavy atom. The SMILES string of the molecule is CC(C)(C)OC(=O)NC(CCCCNC(=O)c1cccnc1)C(=O)NCc1cccs1. The molecule has 2 rings (SSSR count). The molecule has 3 N–H and O–H groups in total. The molecule has 0 bridgehead atoms. The van der Waals surface area contributed by atoms with Crippen molar-refractivity contribution in [2.75, 3.05) is 6.54 Å². The molecule has 168 valence electrons. The van der Waals surface area contributed by atoms with Crippen LogP contribution in [0.3, 0.4) is 0 Å². The van der Waals surface area contributed by atoms with Crippen molar-refractivity contribution in [3.63, 3.8) is 0 Å². The minimum Gasteiger partial charge on any atom is -0.444 e. The van der Waals surface area contributed by atoms with Crippen molar-refractivity contribution in [3.8, 4) is 0 Å². The number of carbonyl (C=O) groups excluding carboxylic acids is 3. The smallest absolute Gasteiger partial charge is 0.408 e. The van der Waals surface area contributed by atoms with E-state index in [2.05, 4.69) is 20.9 Å². The highest BCUT2D eigenvalue weighted by atomic mass is 32.1. The minimum atomic E-state index is -0.719. The second-order valence-electron chi connectivity index (χ2n) is 7.99. The molecule has 0 aliphatic carbocycles. The van der Waals surface area contributed by atoms with E-state index in [0.717, 1.165) is 4.88 Å². The summed E-state index contributed by atoms with van der Waals surface area (Å²) < 4.78 is 5.29. The lowest BCUT2D eigenvalue weighted by atomic mass is 10.1. The Kier molecular flexibility index (Phi) is 9.45. The van der Waals surface area contributed by atoms with E-state index < -0.39 is 17.7 Å². The number of thiophene rings is 1. The van der Waals surface area contributed by atoms with Gasteiger partial charge in [-0.25, -0.2) is 4.79 Å². The van der Waals surface area contributed by atoms with Crippen molar-refractivity contribution in [1.82, 2.24) is 20.9 Å². The summed E-state index contributed by atoms with van der Waals surface area (Å²) in [5.41, 5.74) is -0.154. The van der Waals surface area contributed by atoms with Crippen LogP contribution in [0.2, 0.25) is 0 Å². The molecule has 8 nitrogen and oxygen atoms in total. The van der Waals surface area contributed by atoms with E-state index in [9.17, 15) is 14.4 Å². The Bertz CT molecular complexity index is 835. The molecular weight excluding hydrogens is 416 g/mol. The Labute approximate surface area is 186 Å². The second-order valence-corrected chi connectivity index (χ2v) is 9.02. The lowest BCUT2D eigenvalue weighted by molar-refractivity contribution is -0.123. The lowest BCUT2D eigenvalue weighted by Crippen LogP contribution is -2.48. The topological polar surface area (TPSA) is 109 Å². The monoisotopic (exact) mass is 446 g/mol. The number of nitrogens with zero attached hydrogens (tertiary/aromatic N) is 1. The number of unbranched alkanes of at least 4 members (excludes halogenated alkanes) is 1. The predicted molar refractivity (Wildman–Crippen MR) is 120 cm³/mol. The fraction of sp³-hybridized carbons (Fsp3) is 0.455. The van der Waals surface area contributed by atoms with Crippen molar-refractivity contribution in [2.45, 2.75) is 58.2 Å². The van der Waals surface area contributed by atoms with Crippen LogP contribution < -0.4 is 16.0 Å². The van der Waals surface area contributed by atoms with E-state index >= 15 is 0 Å². The summed E-state index contributed by atoms with van der Waals surface area (Å²) in [6.45, 7) is 6.17. The molecule has 0 spiro atoms. The van der Waals surface area contributed by atoms with Crippen LogP contribution in [-0.2, 0) is 16.1 Å². The second kappa shape index (κ2) is 12.0. The first-order valence-electron chi connectivity index (χ1n) is 10.2. The highest BCUT2D eigenvalue weighted by Crippen LogP contribution is 2.10. The number of amides is 3. The van der Waals surface area contributed by atoms with Crippen LogP contribution in [-0.4, -0.2) is 41.1 Å². The average molecular weight is 447 g/mol. The van der Waals surface area contributed by atoms with Gasteiger partial charge >= 0.3 is 6.09 Å². The van der Waals surface area contributed by atoms with Crippen molar-refractivity contribution in [1.29, 1.82) is 0 Å². The van der Waals surface area contributed by atoms with Crippen LogP contribution in [0.4, 0.5) is 4.79 Å². The molecule has 2 heterocycles. The number of hydrogen-bond acceptors (Lipinski definition) is 6. The summed E-state index contributed by atoms with van der Waals surface area (Å²) in [6, 6.07) is 6.54.